The van der Waals surface area contributed by atoms with Gasteiger partial charge in [-0.25, -0.2) is 0 Å². The molecule has 0 aromatic heterocycles. The van der Waals surface area contributed by atoms with E-state index in [0.717, 1.165) is 17.4 Å². The van der Waals surface area contributed by atoms with Crippen LogP contribution in [0.5, 0.6) is 11.5 Å². The van der Waals surface area contributed by atoms with Crippen molar-refractivity contribution >= 4 is 0 Å². The molecule has 0 aliphatic heterocycles. The summed E-state index contributed by atoms with van der Waals surface area (Å²) in [5, 5.41) is 0. The Morgan fingerprint density at radius 1 is 1.20 bits per heavy atom. The zero-order chi connectivity index (χ0) is 10.8. The molecule has 1 atom stereocenters. The largest absolute Gasteiger partial charge is 0.493 e. The highest BCUT2D eigenvalue weighted by molar-refractivity contribution is 5.48. The number of rotatable bonds is 4. The average molecular weight is 206 g/mol. The Balaban J connectivity index is 2.35. The highest BCUT2D eigenvalue weighted by Gasteiger charge is 2.31. The predicted molar refractivity (Wildman–Crippen MR) is 60.7 cm³/mol. The van der Waals surface area contributed by atoms with Crippen LogP contribution in [0, 0.1) is 5.92 Å². The van der Waals surface area contributed by atoms with E-state index >= 15 is 0 Å². The third-order valence-electron chi connectivity index (χ3n) is 3.25. The van der Waals surface area contributed by atoms with Gasteiger partial charge in [-0.15, -0.1) is 0 Å². The number of hydrogen-bond acceptors (Lipinski definition) is 2. The van der Waals surface area contributed by atoms with E-state index in [1.54, 1.807) is 14.2 Å². The van der Waals surface area contributed by atoms with Crippen molar-refractivity contribution in [3.8, 4) is 11.5 Å². The van der Waals surface area contributed by atoms with Crippen LogP contribution < -0.4 is 9.47 Å². The molecule has 0 heterocycles. The third kappa shape index (κ3) is 1.94. The summed E-state index contributed by atoms with van der Waals surface area (Å²) in [4.78, 5) is 0. The molecule has 0 N–H and O–H groups in total. The molecule has 2 nitrogen and oxygen atoms in total. The first-order valence-electron chi connectivity index (χ1n) is 5.48. The van der Waals surface area contributed by atoms with E-state index in [4.69, 9.17) is 9.47 Å². The monoisotopic (exact) mass is 206 g/mol. The van der Waals surface area contributed by atoms with Gasteiger partial charge in [-0.05, 0) is 30.7 Å². The number of benzene rings is 1. The highest BCUT2D eigenvalue weighted by Crippen LogP contribution is 2.46. The zero-order valence-electron chi connectivity index (χ0n) is 9.62. The van der Waals surface area contributed by atoms with Gasteiger partial charge in [0.25, 0.3) is 0 Å². The first-order valence-corrected chi connectivity index (χ1v) is 5.48. The molecule has 0 bridgehead atoms. The summed E-state index contributed by atoms with van der Waals surface area (Å²) in [5.41, 5.74) is 1.28. The summed E-state index contributed by atoms with van der Waals surface area (Å²) in [6.07, 6.45) is 2.70. The topological polar surface area (TPSA) is 18.5 Å². The Kier molecular flexibility index (Phi) is 2.85. The molecule has 1 aromatic carbocycles. The first kappa shape index (κ1) is 10.3. The van der Waals surface area contributed by atoms with E-state index in [0.29, 0.717) is 5.92 Å². The van der Waals surface area contributed by atoms with Crippen LogP contribution in [0.1, 0.15) is 31.2 Å². The van der Waals surface area contributed by atoms with Crippen LogP contribution in [0.4, 0.5) is 0 Å². The summed E-state index contributed by atoms with van der Waals surface area (Å²) in [6, 6.07) is 6.13. The number of hydrogen-bond donors (Lipinski definition) is 0. The standard InChI is InChI=1S/C13H18O2/c1-9(10-7-8-10)11-5-4-6-12(14-2)13(11)15-3/h4-6,9-10H,7-8H2,1-3H3. The maximum atomic E-state index is 5.44. The van der Waals surface area contributed by atoms with Gasteiger partial charge in [0.2, 0.25) is 0 Å². The van der Waals surface area contributed by atoms with Gasteiger partial charge >= 0.3 is 0 Å². The molecule has 1 aliphatic rings. The van der Waals surface area contributed by atoms with Crippen molar-refractivity contribution in [1.29, 1.82) is 0 Å². The number of para-hydroxylation sites is 1. The summed E-state index contributed by atoms with van der Waals surface area (Å²) in [7, 11) is 3.39. The zero-order valence-corrected chi connectivity index (χ0v) is 9.62. The van der Waals surface area contributed by atoms with Gasteiger partial charge in [-0.1, -0.05) is 19.1 Å². The minimum Gasteiger partial charge on any atom is -0.493 e. The van der Waals surface area contributed by atoms with Crippen LogP contribution in [-0.4, -0.2) is 14.2 Å². The molecule has 2 rings (SSSR count). The molecule has 0 spiro atoms. The summed E-state index contributed by atoms with van der Waals surface area (Å²) < 4.78 is 10.7. The van der Waals surface area contributed by atoms with Crippen LogP contribution in [0.15, 0.2) is 18.2 Å². The SMILES string of the molecule is COc1cccc(C(C)C2CC2)c1OC. The minimum absolute atomic E-state index is 0.579. The average Bonchev–Trinajstić information content (AvgIpc) is 3.10. The van der Waals surface area contributed by atoms with Crippen molar-refractivity contribution in [3.63, 3.8) is 0 Å². The van der Waals surface area contributed by atoms with Gasteiger partial charge in [-0.2, -0.15) is 0 Å². The molecular formula is C13H18O2. The van der Waals surface area contributed by atoms with Gasteiger partial charge in [0.15, 0.2) is 11.5 Å². The van der Waals surface area contributed by atoms with Crippen LogP contribution in [0.2, 0.25) is 0 Å². The molecule has 1 aliphatic carbocycles. The highest BCUT2D eigenvalue weighted by atomic mass is 16.5. The molecule has 1 unspecified atom stereocenters. The van der Waals surface area contributed by atoms with Gasteiger partial charge in [0.1, 0.15) is 0 Å². The Morgan fingerprint density at radius 3 is 2.47 bits per heavy atom. The molecule has 15 heavy (non-hydrogen) atoms. The van der Waals surface area contributed by atoms with Crippen molar-refractivity contribution < 1.29 is 9.47 Å². The van der Waals surface area contributed by atoms with Crippen LogP contribution in [0.25, 0.3) is 0 Å². The smallest absolute Gasteiger partial charge is 0.164 e. The lowest BCUT2D eigenvalue weighted by atomic mass is 9.95. The van der Waals surface area contributed by atoms with E-state index in [1.807, 2.05) is 12.1 Å². The maximum Gasteiger partial charge on any atom is 0.164 e. The second-order valence-electron chi connectivity index (χ2n) is 4.21. The molecule has 1 saturated carbocycles. The van der Waals surface area contributed by atoms with Gasteiger partial charge < -0.3 is 9.47 Å². The van der Waals surface area contributed by atoms with Crippen molar-refractivity contribution in [3.05, 3.63) is 23.8 Å². The quantitative estimate of drug-likeness (QED) is 0.753. The Bertz CT molecular complexity index is 342. The molecule has 1 aromatic rings. The van der Waals surface area contributed by atoms with Crippen molar-refractivity contribution in [2.24, 2.45) is 5.92 Å². The fourth-order valence-electron chi connectivity index (χ4n) is 2.12. The van der Waals surface area contributed by atoms with Crippen molar-refractivity contribution in [2.75, 3.05) is 14.2 Å². The lowest BCUT2D eigenvalue weighted by Crippen LogP contribution is -2.01. The van der Waals surface area contributed by atoms with Crippen LogP contribution >= 0.6 is 0 Å². The van der Waals surface area contributed by atoms with Crippen molar-refractivity contribution in [1.82, 2.24) is 0 Å². The Labute approximate surface area is 91.2 Å². The van der Waals surface area contributed by atoms with E-state index in [9.17, 15) is 0 Å². The number of methoxy groups -OCH3 is 2. The van der Waals surface area contributed by atoms with Crippen LogP contribution in [0.3, 0.4) is 0 Å². The van der Waals surface area contributed by atoms with E-state index < -0.39 is 0 Å². The van der Waals surface area contributed by atoms with E-state index in [1.165, 1.54) is 18.4 Å². The van der Waals surface area contributed by atoms with E-state index in [-0.39, 0.29) is 0 Å². The lowest BCUT2D eigenvalue weighted by Gasteiger charge is -2.17. The molecule has 0 saturated heterocycles. The predicted octanol–water partition coefficient (Wildman–Crippen LogP) is 3.22. The maximum absolute atomic E-state index is 5.44. The molecule has 0 amide bonds. The summed E-state index contributed by atoms with van der Waals surface area (Å²) in [6.45, 7) is 2.27. The molecular weight excluding hydrogens is 188 g/mol. The second kappa shape index (κ2) is 4.13. The molecule has 2 heteroatoms. The van der Waals surface area contributed by atoms with Gasteiger partial charge in [0.05, 0.1) is 14.2 Å². The van der Waals surface area contributed by atoms with Crippen LogP contribution in [-0.2, 0) is 0 Å². The normalized spacial score (nSPS) is 17.3. The Hall–Kier alpha value is -1.18. The summed E-state index contributed by atoms with van der Waals surface area (Å²) >= 11 is 0. The Morgan fingerprint density at radius 2 is 1.93 bits per heavy atom. The van der Waals surface area contributed by atoms with Gasteiger partial charge in [0, 0.05) is 5.56 Å². The van der Waals surface area contributed by atoms with E-state index in [2.05, 4.69) is 13.0 Å². The molecule has 1 fully saturated rings. The minimum atomic E-state index is 0.579. The summed E-state index contributed by atoms with van der Waals surface area (Å²) in [5.74, 6) is 3.16. The molecule has 0 radical (unpaired) electrons. The number of ether oxygens (including phenoxy) is 2. The lowest BCUT2D eigenvalue weighted by molar-refractivity contribution is 0.348. The molecule has 82 valence electrons. The fraction of sp³-hybridized carbons (Fsp3) is 0.538. The fourth-order valence-corrected chi connectivity index (χ4v) is 2.12. The second-order valence-corrected chi connectivity index (χ2v) is 4.21. The first-order chi connectivity index (χ1) is 7.27. The third-order valence-corrected chi connectivity index (χ3v) is 3.25. The van der Waals surface area contributed by atoms with Gasteiger partial charge in [-0.3, -0.25) is 0 Å². The van der Waals surface area contributed by atoms with Crippen molar-refractivity contribution in [2.45, 2.75) is 25.7 Å².